The van der Waals surface area contributed by atoms with Gasteiger partial charge in [0.1, 0.15) is 0 Å². The Bertz CT molecular complexity index is 764. The second-order valence-electron chi connectivity index (χ2n) is 5.64. The van der Waals surface area contributed by atoms with E-state index >= 15 is 0 Å². The van der Waals surface area contributed by atoms with Crippen molar-refractivity contribution in [3.8, 4) is 0 Å². The fraction of sp³-hybridized carbons (Fsp3) is 0.333. The molecule has 2 aromatic rings. The summed E-state index contributed by atoms with van der Waals surface area (Å²) in [5.41, 5.74) is 0.945. The molecule has 1 aromatic heterocycles. The summed E-state index contributed by atoms with van der Waals surface area (Å²) in [6, 6.07) is 6.89. The smallest absolute Gasteiger partial charge is 0.261 e. The first-order valence-corrected chi connectivity index (χ1v) is 8.44. The molecule has 0 bridgehead atoms. The normalized spacial score (nSPS) is 17.0. The molecule has 8 heteroatoms. The van der Waals surface area contributed by atoms with Gasteiger partial charge in [0, 0.05) is 18.2 Å². The third kappa shape index (κ3) is 2.39. The molecular formula is C15H15N5O2S. The summed E-state index contributed by atoms with van der Waals surface area (Å²) < 4.78 is 1.52. The van der Waals surface area contributed by atoms with E-state index in [-0.39, 0.29) is 11.8 Å². The Morgan fingerprint density at radius 3 is 2.39 bits per heavy atom. The molecule has 7 nitrogen and oxygen atoms in total. The monoisotopic (exact) mass is 329 g/mol. The molecule has 0 saturated heterocycles. The van der Waals surface area contributed by atoms with Crippen molar-refractivity contribution in [2.24, 2.45) is 0 Å². The van der Waals surface area contributed by atoms with Crippen molar-refractivity contribution in [3.05, 3.63) is 41.2 Å². The summed E-state index contributed by atoms with van der Waals surface area (Å²) >= 11 is 1.40. The van der Waals surface area contributed by atoms with Gasteiger partial charge < -0.3 is 5.84 Å². The summed E-state index contributed by atoms with van der Waals surface area (Å²) in [4.78, 5) is 25.8. The van der Waals surface area contributed by atoms with Crippen molar-refractivity contribution in [1.82, 2.24) is 19.8 Å². The predicted molar refractivity (Wildman–Crippen MR) is 84.7 cm³/mol. The van der Waals surface area contributed by atoms with Crippen molar-refractivity contribution in [1.29, 1.82) is 0 Å². The lowest BCUT2D eigenvalue weighted by Crippen LogP contribution is -2.32. The maximum absolute atomic E-state index is 12.3. The third-order valence-electron chi connectivity index (χ3n) is 4.06. The molecule has 1 aromatic carbocycles. The van der Waals surface area contributed by atoms with Crippen molar-refractivity contribution < 1.29 is 9.59 Å². The lowest BCUT2D eigenvalue weighted by molar-refractivity contribution is 0.0664. The Kier molecular flexibility index (Phi) is 3.33. The summed E-state index contributed by atoms with van der Waals surface area (Å²) in [5.74, 6) is 7.29. The molecule has 1 saturated carbocycles. The largest absolute Gasteiger partial charge is 0.336 e. The van der Waals surface area contributed by atoms with Gasteiger partial charge in [0.15, 0.2) is 5.82 Å². The zero-order valence-electron chi connectivity index (χ0n) is 12.3. The van der Waals surface area contributed by atoms with Crippen molar-refractivity contribution >= 4 is 23.6 Å². The molecule has 0 unspecified atom stereocenters. The molecule has 1 aliphatic heterocycles. The highest BCUT2D eigenvalue weighted by atomic mass is 32.2. The van der Waals surface area contributed by atoms with E-state index in [0.717, 1.165) is 18.7 Å². The van der Waals surface area contributed by atoms with Crippen molar-refractivity contribution in [2.45, 2.75) is 23.9 Å². The molecule has 2 heterocycles. The summed E-state index contributed by atoms with van der Waals surface area (Å²) in [6.07, 6.45) is 2.21. The standard InChI is InChI=1S/C15H15N5O2S/c16-20-12(9-5-6-9)17-18-15(20)23-8-7-19-13(21)10-3-1-2-4-11(10)14(19)22/h1-4,9H,5-8,16H2. The van der Waals surface area contributed by atoms with Crippen LogP contribution in [0, 0.1) is 0 Å². The minimum Gasteiger partial charge on any atom is -0.336 e. The Morgan fingerprint density at radius 1 is 1.13 bits per heavy atom. The van der Waals surface area contributed by atoms with Crippen LogP contribution in [0.2, 0.25) is 0 Å². The van der Waals surface area contributed by atoms with Crippen LogP contribution in [0.5, 0.6) is 0 Å². The fourth-order valence-electron chi connectivity index (χ4n) is 2.68. The van der Waals surface area contributed by atoms with Gasteiger partial charge in [-0.3, -0.25) is 14.5 Å². The van der Waals surface area contributed by atoms with Crippen LogP contribution in [-0.2, 0) is 0 Å². The average molecular weight is 329 g/mol. The van der Waals surface area contributed by atoms with E-state index in [4.69, 9.17) is 5.84 Å². The molecule has 0 spiro atoms. The SMILES string of the molecule is Nn1c(SCCN2C(=O)c3ccccc3C2=O)nnc1C1CC1. The Morgan fingerprint density at radius 2 is 1.78 bits per heavy atom. The van der Waals surface area contributed by atoms with Gasteiger partial charge in [0.05, 0.1) is 11.1 Å². The minimum atomic E-state index is -0.237. The number of nitrogen functional groups attached to an aromatic ring is 1. The number of carbonyl (C=O) groups excluding carboxylic acids is 2. The molecule has 23 heavy (non-hydrogen) atoms. The second-order valence-corrected chi connectivity index (χ2v) is 6.70. The maximum Gasteiger partial charge on any atom is 0.261 e. The van der Waals surface area contributed by atoms with Gasteiger partial charge in [-0.15, -0.1) is 10.2 Å². The highest BCUT2D eigenvalue weighted by Gasteiger charge is 2.35. The number of hydrogen-bond acceptors (Lipinski definition) is 6. The second kappa shape index (κ2) is 5.38. The average Bonchev–Trinajstić information content (AvgIpc) is 3.30. The van der Waals surface area contributed by atoms with Crippen LogP contribution in [0.25, 0.3) is 0 Å². The first kappa shape index (κ1) is 14.3. The Balaban J connectivity index is 1.41. The summed E-state index contributed by atoms with van der Waals surface area (Å²) in [6.45, 7) is 0.322. The third-order valence-corrected chi connectivity index (χ3v) is 4.98. The lowest BCUT2D eigenvalue weighted by Gasteiger charge is -2.12. The first-order chi connectivity index (χ1) is 11.2. The number of amides is 2. The Hall–Kier alpha value is -2.35. The number of benzene rings is 1. The number of rotatable bonds is 5. The number of fused-ring (bicyclic) bond motifs is 1. The molecule has 2 aliphatic rings. The number of nitrogens with two attached hydrogens (primary N) is 1. The molecule has 0 atom stereocenters. The van der Waals surface area contributed by atoms with E-state index in [1.165, 1.54) is 21.3 Å². The van der Waals surface area contributed by atoms with E-state index in [1.807, 2.05) is 0 Å². The fourth-order valence-corrected chi connectivity index (χ4v) is 3.46. The quantitative estimate of drug-likeness (QED) is 0.504. The summed E-state index contributed by atoms with van der Waals surface area (Å²) in [5, 5.41) is 8.81. The number of hydrogen-bond donors (Lipinski definition) is 1. The highest BCUT2D eigenvalue weighted by Crippen LogP contribution is 2.39. The number of nitrogens with zero attached hydrogens (tertiary/aromatic N) is 4. The van der Waals surface area contributed by atoms with Crippen LogP contribution >= 0.6 is 11.8 Å². The summed E-state index contributed by atoms with van der Waals surface area (Å²) in [7, 11) is 0. The maximum atomic E-state index is 12.3. The van der Waals surface area contributed by atoms with E-state index in [1.54, 1.807) is 24.3 Å². The zero-order valence-corrected chi connectivity index (χ0v) is 13.1. The molecule has 0 radical (unpaired) electrons. The first-order valence-electron chi connectivity index (χ1n) is 7.45. The number of thioether (sulfide) groups is 1. The molecule has 2 amide bonds. The highest BCUT2D eigenvalue weighted by molar-refractivity contribution is 7.99. The van der Waals surface area contributed by atoms with Gasteiger partial charge in [-0.2, -0.15) is 0 Å². The van der Waals surface area contributed by atoms with E-state index < -0.39 is 0 Å². The molecule has 118 valence electrons. The molecule has 2 N–H and O–H groups in total. The molecule has 1 fully saturated rings. The van der Waals surface area contributed by atoms with Crippen LogP contribution in [0.1, 0.15) is 45.3 Å². The van der Waals surface area contributed by atoms with Crippen molar-refractivity contribution in [3.63, 3.8) is 0 Å². The van der Waals surface area contributed by atoms with Crippen LogP contribution in [0.3, 0.4) is 0 Å². The lowest BCUT2D eigenvalue weighted by atomic mass is 10.1. The van der Waals surface area contributed by atoms with Gasteiger partial charge in [-0.25, -0.2) is 4.68 Å². The van der Waals surface area contributed by atoms with Gasteiger partial charge >= 0.3 is 0 Å². The van der Waals surface area contributed by atoms with Gasteiger partial charge in [0.25, 0.3) is 11.8 Å². The van der Waals surface area contributed by atoms with Crippen LogP contribution in [0.15, 0.2) is 29.4 Å². The molecule has 4 rings (SSSR count). The van der Waals surface area contributed by atoms with Crippen LogP contribution in [-0.4, -0.2) is 43.9 Å². The van der Waals surface area contributed by atoms with Gasteiger partial charge in [0.2, 0.25) is 5.16 Å². The van der Waals surface area contributed by atoms with E-state index in [0.29, 0.717) is 34.5 Å². The van der Waals surface area contributed by atoms with Crippen molar-refractivity contribution in [2.75, 3.05) is 18.1 Å². The minimum absolute atomic E-state index is 0.237. The molecule has 1 aliphatic carbocycles. The zero-order chi connectivity index (χ0) is 16.0. The van der Waals surface area contributed by atoms with E-state index in [2.05, 4.69) is 10.2 Å². The predicted octanol–water partition coefficient (Wildman–Crippen LogP) is 1.26. The van der Waals surface area contributed by atoms with Gasteiger partial charge in [-0.05, 0) is 25.0 Å². The van der Waals surface area contributed by atoms with E-state index in [9.17, 15) is 9.59 Å². The van der Waals surface area contributed by atoms with Crippen LogP contribution in [0.4, 0.5) is 0 Å². The topological polar surface area (TPSA) is 94.1 Å². The molecular weight excluding hydrogens is 314 g/mol. The number of aromatic nitrogens is 3. The van der Waals surface area contributed by atoms with Crippen LogP contribution < -0.4 is 5.84 Å². The Labute approximate surface area is 136 Å². The van der Waals surface area contributed by atoms with Gasteiger partial charge in [-0.1, -0.05) is 23.9 Å². The number of imide groups is 1. The number of carbonyl (C=O) groups is 2.